The normalized spacial score (nSPS) is 20.2. The fourth-order valence-corrected chi connectivity index (χ4v) is 2.73. The van der Waals surface area contributed by atoms with Gasteiger partial charge in [0.05, 0.1) is 18.1 Å². The van der Waals surface area contributed by atoms with Crippen molar-refractivity contribution in [2.24, 2.45) is 7.05 Å². The molecule has 3 rings (SSSR count). The van der Waals surface area contributed by atoms with Gasteiger partial charge in [0.25, 0.3) is 0 Å². The minimum atomic E-state index is 0.345. The molecule has 0 aliphatic carbocycles. The Kier molecular flexibility index (Phi) is 3.40. The number of thiophene rings is 1. The summed E-state index contributed by atoms with van der Waals surface area (Å²) in [5.74, 6) is 1.82. The number of nitrogens with one attached hydrogen (secondary N) is 1. The number of aromatic nitrogens is 3. The average Bonchev–Trinajstić information content (AvgIpc) is 3.01. The number of rotatable bonds is 3. The van der Waals surface area contributed by atoms with Crippen molar-refractivity contribution in [3.05, 3.63) is 23.3 Å². The van der Waals surface area contributed by atoms with Crippen molar-refractivity contribution in [3.8, 4) is 10.7 Å². The fourth-order valence-electron chi connectivity index (χ4n) is 2.08. The Bertz CT molecular complexity index is 502. The summed E-state index contributed by atoms with van der Waals surface area (Å²) in [4.78, 5) is 5.73. The summed E-state index contributed by atoms with van der Waals surface area (Å²) >= 11 is 1.67. The molecule has 1 unspecified atom stereocenters. The Hall–Kier alpha value is -1.24. The highest BCUT2D eigenvalue weighted by atomic mass is 32.1. The first-order chi connectivity index (χ1) is 8.83. The molecular formula is C12H16N4OS. The minimum absolute atomic E-state index is 0.345. The molecule has 18 heavy (non-hydrogen) atoms. The Balaban J connectivity index is 1.76. The zero-order valence-corrected chi connectivity index (χ0v) is 11.1. The maximum absolute atomic E-state index is 5.46. The lowest BCUT2D eigenvalue weighted by Gasteiger charge is -2.23. The van der Waals surface area contributed by atoms with Crippen LogP contribution in [0.1, 0.15) is 5.82 Å². The van der Waals surface area contributed by atoms with Gasteiger partial charge in [-0.15, -0.1) is 11.3 Å². The first kappa shape index (κ1) is 11.8. The second kappa shape index (κ2) is 5.17. The monoisotopic (exact) mass is 264 g/mol. The molecule has 2 aromatic heterocycles. The second-order valence-electron chi connectivity index (χ2n) is 4.38. The highest BCUT2D eigenvalue weighted by molar-refractivity contribution is 7.13. The molecule has 0 amide bonds. The van der Waals surface area contributed by atoms with Crippen LogP contribution < -0.4 is 5.32 Å². The average molecular weight is 264 g/mol. The van der Waals surface area contributed by atoms with Crippen LogP contribution in [-0.2, 0) is 18.2 Å². The summed E-state index contributed by atoms with van der Waals surface area (Å²) < 4.78 is 7.32. The van der Waals surface area contributed by atoms with Gasteiger partial charge in [-0.25, -0.2) is 4.98 Å². The van der Waals surface area contributed by atoms with Gasteiger partial charge in [-0.1, -0.05) is 6.07 Å². The molecule has 1 atom stereocenters. The molecule has 2 aromatic rings. The topological polar surface area (TPSA) is 52.0 Å². The Morgan fingerprint density at radius 2 is 2.56 bits per heavy atom. The third kappa shape index (κ3) is 2.45. The van der Waals surface area contributed by atoms with Gasteiger partial charge >= 0.3 is 0 Å². The molecule has 1 aliphatic rings. The van der Waals surface area contributed by atoms with E-state index < -0.39 is 0 Å². The first-order valence-corrected chi connectivity index (χ1v) is 6.96. The van der Waals surface area contributed by atoms with E-state index in [1.165, 1.54) is 0 Å². The van der Waals surface area contributed by atoms with E-state index >= 15 is 0 Å². The van der Waals surface area contributed by atoms with Gasteiger partial charge in [0.1, 0.15) is 5.82 Å². The van der Waals surface area contributed by atoms with Gasteiger partial charge in [0.15, 0.2) is 5.82 Å². The van der Waals surface area contributed by atoms with Crippen molar-refractivity contribution in [2.75, 3.05) is 19.8 Å². The van der Waals surface area contributed by atoms with Crippen LogP contribution in [0.3, 0.4) is 0 Å². The molecule has 0 spiro atoms. The first-order valence-electron chi connectivity index (χ1n) is 6.08. The molecule has 1 fully saturated rings. The summed E-state index contributed by atoms with van der Waals surface area (Å²) in [5.41, 5.74) is 0. The molecule has 1 N–H and O–H groups in total. The summed E-state index contributed by atoms with van der Waals surface area (Å²) in [7, 11) is 1.95. The van der Waals surface area contributed by atoms with Crippen LogP contribution in [-0.4, -0.2) is 40.6 Å². The summed E-state index contributed by atoms with van der Waals surface area (Å²) in [6.45, 7) is 2.47. The van der Waals surface area contributed by atoms with E-state index in [-0.39, 0.29) is 0 Å². The fraction of sp³-hybridized carbons (Fsp3) is 0.500. The molecule has 0 radical (unpaired) electrons. The molecule has 1 aliphatic heterocycles. The third-order valence-corrected chi connectivity index (χ3v) is 3.89. The van der Waals surface area contributed by atoms with Gasteiger partial charge in [-0.05, 0) is 11.4 Å². The van der Waals surface area contributed by atoms with Crippen LogP contribution in [0, 0.1) is 0 Å². The second-order valence-corrected chi connectivity index (χ2v) is 5.33. The van der Waals surface area contributed by atoms with E-state index in [1.807, 2.05) is 29.2 Å². The highest BCUT2D eigenvalue weighted by Gasteiger charge is 2.17. The summed E-state index contributed by atoms with van der Waals surface area (Å²) in [5, 5.41) is 9.94. The van der Waals surface area contributed by atoms with Crippen LogP contribution in [0.25, 0.3) is 10.7 Å². The molecular weight excluding hydrogens is 248 g/mol. The zero-order valence-electron chi connectivity index (χ0n) is 10.3. The number of aryl methyl sites for hydroxylation is 1. The quantitative estimate of drug-likeness (QED) is 0.901. The van der Waals surface area contributed by atoms with Crippen molar-refractivity contribution in [1.82, 2.24) is 20.1 Å². The van der Waals surface area contributed by atoms with Crippen LogP contribution in [0.4, 0.5) is 0 Å². The number of nitrogens with zero attached hydrogens (tertiary/aromatic N) is 3. The van der Waals surface area contributed by atoms with Crippen molar-refractivity contribution < 1.29 is 4.74 Å². The molecule has 0 bridgehead atoms. The molecule has 6 heteroatoms. The van der Waals surface area contributed by atoms with E-state index in [1.54, 1.807) is 11.3 Å². The minimum Gasteiger partial charge on any atom is -0.379 e. The smallest absolute Gasteiger partial charge is 0.191 e. The van der Waals surface area contributed by atoms with Crippen LogP contribution in [0.5, 0.6) is 0 Å². The van der Waals surface area contributed by atoms with Crippen LogP contribution in [0.15, 0.2) is 17.5 Å². The van der Waals surface area contributed by atoms with Crippen molar-refractivity contribution >= 4 is 11.3 Å². The Labute approximate surface area is 110 Å². The summed E-state index contributed by atoms with van der Waals surface area (Å²) in [6, 6.07) is 4.41. The van der Waals surface area contributed by atoms with Gasteiger partial charge in [-0.3, -0.25) is 4.68 Å². The van der Waals surface area contributed by atoms with Crippen molar-refractivity contribution in [1.29, 1.82) is 0 Å². The number of ether oxygens (including phenoxy) is 1. The molecule has 3 heterocycles. The van der Waals surface area contributed by atoms with Crippen molar-refractivity contribution in [3.63, 3.8) is 0 Å². The molecule has 0 saturated carbocycles. The predicted octanol–water partition coefficient (Wildman–Crippen LogP) is 1.07. The predicted molar refractivity (Wildman–Crippen MR) is 70.6 cm³/mol. The molecule has 0 aromatic carbocycles. The van der Waals surface area contributed by atoms with Crippen molar-refractivity contribution in [2.45, 2.75) is 12.5 Å². The lowest BCUT2D eigenvalue weighted by Crippen LogP contribution is -2.43. The Morgan fingerprint density at radius 3 is 3.28 bits per heavy atom. The van der Waals surface area contributed by atoms with E-state index in [4.69, 9.17) is 4.74 Å². The standard InChI is InChI=1S/C12H16N4OS/c1-16-11(7-9-8-17-5-4-13-9)14-12(15-16)10-3-2-6-18-10/h2-3,6,9,13H,4-5,7-8H2,1H3. The van der Waals surface area contributed by atoms with Gasteiger partial charge in [0.2, 0.25) is 0 Å². The molecule has 5 nitrogen and oxygen atoms in total. The van der Waals surface area contributed by atoms with E-state index in [2.05, 4.69) is 15.4 Å². The molecule has 1 saturated heterocycles. The summed E-state index contributed by atoms with van der Waals surface area (Å²) in [6.07, 6.45) is 0.856. The zero-order chi connectivity index (χ0) is 12.4. The SMILES string of the molecule is Cn1nc(-c2cccs2)nc1CC1COCCN1. The number of hydrogen-bond donors (Lipinski definition) is 1. The number of hydrogen-bond acceptors (Lipinski definition) is 5. The van der Waals surface area contributed by atoms with Gasteiger partial charge in [-0.2, -0.15) is 5.10 Å². The Morgan fingerprint density at radius 1 is 1.61 bits per heavy atom. The number of morpholine rings is 1. The largest absolute Gasteiger partial charge is 0.379 e. The third-order valence-electron chi connectivity index (χ3n) is 3.02. The van der Waals surface area contributed by atoms with Crippen LogP contribution in [0.2, 0.25) is 0 Å². The molecule has 96 valence electrons. The lowest BCUT2D eigenvalue weighted by molar-refractivity contribution is 0.0761. The maximum atomic E-state index is 5.46. The van der Waals surface area contributed by atoms with Gasteiger partial charge in [0, 0.05) is 26.1 Å². The van der Waals surface area contributed by atoms with E-state index in [0.29, 0.717) is 6.04 Å². The highest BCUT2D eigenvalue weighted by Crippen LogP contribution is 2.21. The van der Waals surface area contributed by atoms with E-state index in [9.17, 15) is 0 Å². The van der Waals surface area contributed by atoms with Gasteiger partial charge < -0.3 is 10.1 Å². The van der Waals surface area contributed by atoms with E-state index in [0.717, 1.165) is 42.7 Å². The van der Waals surface area contributed by atoms with Crippen LogP contribution >= 0.6 is 11.3 Å². The lowest BCUT2D eigenvalue weighted by atomic mass is 10.2. The maximum Gasteiger partial charge on any atom is 0.191 e.